The Morgan fingerprint density at radius 2 is 1.53 bits per heavy atom. The number of urea groups is 1. The van der Waals surface area contributed by atoms with Crippen LogP contribution in [-0.4, -0.2) is 53.0 Å². The zero-order chi connectivity index (χ0) is 26.1. The number of unbranched alkanes of at least 4 members (excludes halogenated alkanes) is 1. The smallest absolute Gasteiger partial charge is 0.408 e. The molecule has 3 amide bonds. The van der Waals surface area contributed by atoms with Gasteiger partial charge in [0.1, 0.15) is 17.2 Å². The number of carboxylic acids is 1. The Morgan fingerprint density at radius 1 is 0.971 bits per heavy atom. The van der Waals surface area contributed by atoms with Gasteiger partial charge in [-0.05, 0) is 78.5 Å². The van der Waals surface area contributed by atoms with Crippen molar-refractivity contribution in [1.29, 1.82) is 0 Å². The lowest BCUT2D eigenvalue weighted by Crippen LogP contribution is -2.46. The maximum absolute atomic E-state index is 12.6. The summed E-state index contributed by atoms with van der Waals surface area (Å²) < 4.78 is 10.7. The molecule has 34 heavy (non-hydrogen) atoms. The van der Waals surface area contributed by atoms with E-state index in [2.05, 4.69) is 5.32 Å². The number of nitrogens with two attached hydrogens (primary N) is 1. The first kappa shape index (κ1) is 28.7. The Hall–Kier alpha value is -3.30. The summed E-state index contributed by atoms with van der Waals surface area (Å²) in [6.45, 7) is 10.7. The van der Waals surface area contributed by atoms with Crippen LogP contribution >= 0.6 is 0 Å². The van der Waals surface area contributed by atoms with Gasteiger partial charge < -0.3 is 25.6 Å². The number of carbonyl (C=O) groups excluding carboxylic acids is 3. The first-order chi connectivity index (χ1) is 15.6. The molecule has 0 aliphatic carbocycles. The lowest BCUT2D eigenvalue weighted by Gasteiger charge is -2.26. The number of esters is 1. The molecule has 1 aromatic rings. The fraction of sp³-hybridized carbons (Fsp3) is 0.583. The Kier molecular flexibility index (Phi) is 10.3. The van der Waals surface area contributed by atoms with Crippen LogP contribution in [0.15, 0.2) is 24.3 Å². The van der Waals surface area contributed by atoms with Gasteiger partial charge in [-0.2, -0.15) is 0 Å². The lowest BCUT2D eigenvalue weighted by molar-refractivity contribution is -0.157. The summed E-state index contributed by atoms with van der Waals surface area (Å²) in [5.41, 5.74) is 5.22. The molecule has 4 N–H and O–H groups in total. The third-order valence-corrected chi connectivity index (χ3v) is 4.38. The largest absolute Gasteiger partial charge is 0.481 e. The number of alkyl carbamates (subject to hydrolysis) is 1. The van der Waals surface area contributed by atoms with Gasteiger partial charge in [0.05, 0.1) is 6.42 Å². The minimum absolute atomic E-state index is 0.118. The highest BCUT2D eigenvalue weighted by atomic mass is 16.6. The van der Waals surface area contributed by atoms with E-state index >= 15 is 0 Å². The molecule has 0 heterocycles. The normalized spacial score (nSPS) is 12.4. The molecule has 1 atom stereocenters. The lowest BCUT2D eigenvalue weighted by atomic mass is 10.1. The van der Waals surface area contributed by atoms with Crippen molar-refractivity contribution in [3.05, 3.63) is 29.8 Å². The van der Waals surface area contributed by atoms with E-state index in [1.54, 1.807) is 65.8 Å². The molecule has 0 fully saturated rings. The number of hydrogen-bond donors (Lipinski definition) is 3. The van der Waals surface area contributed by atoms with Crippen LogP contribution in [0.4, 0.5) is 15.3 Å². The maximum Gasteiger partial charge on any atom is 0.408 e. The first-order valence-corrected chi connectivity index (χ1v) is 11.2. The number of aliphatic carboxylic acids is 1. The van der Waals surface area contributed by atoms with Crippen molar-refractivity contribution < 1.29 is 33.8 Å². The minimum Gasteiger partial charge on any atom is -0.481 e. The molecule has 0 spiro atoms. The van der Waals surface area contributed by atoms with Gasteiger partial charge in [-0.15, -0.1) is 0 Å². The van der Waals surface area contributed by atoms with E-state index in [0.29, 0.717) is 24.1 Å². The number of carbonyl (C=O) groups is 4. The van der Waals surface area contributed by atoms with Gasteiger partial charge in [0.2, 0.25) is 0 Å². The van der Waals surface area contributed by atoms with Crippen LogP contribution in [0, 0.1) is 0 Å². The van der Waals surface area contributed by atoms with E-state index in [-0.39, 0.29) is 19.4 Å². The van der Waals surface area contributed by atoms with Gasteiger partial charge in [0.15, 0.2) is 0 Å². The number of nitrogens with zero attached hydrogens (tertiary/aromatic N) is 1. The summed E-state index contributed by atoms with van der Waals surface area (Å²) in [5.74, 6) is -1.52. The standard InChI is InChI=1S/C24H37N3O7/c1-23(2,3)33-20(30)18(26-22(32)34-24(4,5)6)9-7-8-14-27(21(25)31)17-12-10-16(11-13-17)15-19(28)29/h10-13,18H,7-9,14-15H2,1-6H3,(H2,25,31)(H,26,32)(H,28,29)/t18-/m1/s1. The van der Waals surface area contributed by atoms with Crippen molar-refractivity contribution in [3.8, 4) is 0 Å². The van der Waals surface area contributed by atoms with Crippen LogP contribution in [0.1, 0.15) is 66.4 Å². The predicted molar refractivity (Wildman–Crippen MR) is 128 cm³/mol. The Morgan fingerprint density at radius 3 is 2.00 bits per heavy atom. The summed E-state index contributed by atoms with van der Waals surface area (Å²) in [6, 6.07) is 4.96. The monoisotopic (exact) mass is 479 g/mol. The number of benzene rings is 1. The summed E-state index contributed by atoms with van der Waals surface area (Å²) in [4.78, 5) is 49.0. The molecule has 0 aliphatic rings. The van der Waals surface area contributed by atoms with Gasteiger partial charge in [-0.25, -0.2) is 14.4 Å². The van der Waals surface area contributed by atoms with E-state index in [0.717, 1.165) is 0 Å². The Balaban J connectivity index is 2.77. The Labute approximate surface area is 200 Å². The van der Waals surface area contributed by atoms with Crippen molar-refractivity contribution in [3.63, 3.8) is 0 Å². The summed E-state index contributed by atoms with van der Waals surface area (Å²) in [5, 5.41) is 11.5. The second kappa shape index (κ2) is 12.2. The molecule has 0 unspecified atom stereocenters. The number of nitrogens with one attached hydrogen (secondary N) is 1. The third kappa shape index (κ3) is 11.5. The van der Waals surface area contributed by atoms with Crippen molar-refractivity contribution in [2.75, 3.05) is 11.4 Å². The molecule has 10 heteroatoms. The number of anilines is 1. The number of rotatable bonds is 10. The SMILES string of the molecule is CC(C)(C)OC(=O)N[C@H](CCCCN(C(N)=O)c1ccc(CC(=O)O)cc1)C(=O)OC(C)(C)C. The molecule has 0 saturated carbocycles. The van der Waals surface area contributed by atoms with Crippen molar-refractivity contribution in [1.82, 2.24) is 5.32 Å². The third-order valence-electron chi connectivity index (χ3n) is 4.38. The first-order valence-electron chi connectivity index (χ1n) is 11.2. The maximum atomic E-state index is 12.6. The molecule has 10 nitrogen and oxygen atoms in total. The zero-order valence-corrected chi connectivity index (χ0v) is 20.8. The van der Waals surface area contributed by atoms with Gasteiger partial charge >= 0.3 is 24.1 Å². The zero-order valence-electron chi connectivity index (χ0n) is 20.8. The number of ether oxygens (including phenoxy) is 2. The predicted octanol–water partition coefficient (Wildman–Crippen LogP) is 3.60. The van der Waals surface area contributed by atoms with Gasteiger partial charge in [0, 0.05) is 12.2 Å². The average Bonchev–Trinajstić information content (AvgIpc) is 2.64. The molecule has 0 aromatic heterocycles. The van der Waals surface area contributed by atoms with Crippen LogP contribution in [0.3, 0.4) is 0 Å². The summed E-state index contributed by atoms with van der Waals surface area (Å²) >= 11 is 0. The number of hydrogen-bond acceptors (Lipinski definition) is 6. The fourth-order valence-electron chi connectivity index (χ4n) is 3.02. The van der Waals surface area contributed by atoms with Crippen molar-refractivity contribution in [2.45, 2.75) is 84.5 Å². The van der Waals surface area contributed by atoms with Crippen molar-refractivity contribution in [2.24, 2.45) is 5.73 Å². The average molecular weight is 480 g/mol. The highest BCUT2D eigenvalue weighted by Gasteiger charge is 2.28. The number of amides is 3. The van der Waals surface area contributed by atoms with E-state index in [4.69, 9.17) is 20.3 Å². The highest BCUT2D eigenvalue weighted by molar-refractivity contribution is 5.90. The summed E-state index contributed by atoms with van der Waals surface area (Å²) in [6.07, 6.45) is 0.422. The minimum atomic E-state index is -0.945. The highest BCUT2D eigenvalue weighted by Crippen LogP contribution is 2.18. The molecule has 1 rings (SSSR count). The summed E-state index contributed by atoms with van der Waals surface area (Å²) in [7, 11) is 0. The second-order valence-electron chi connectivity index (χ2n) is 9.95. The van der Waals surface area contributed by atoms with Gasteiger partial charge in [-0.3, -0.25) is 9.69 Å². The van der Waals surface area contributed by atoms with Crippen LogP contribution in [-0.2, 0) is 25.5 Å². The number of carboxylic acid groups (broad SMARTS) is 1. The molecule has 0 bridgehead atoms. The van der Waals surface area contributed by atoms with E-state index in [1.165, 1.54) is 4.90 Å². The van der Waals surface area contributed by atoms with Gasteiger partial charge in [0.25, 0.3) is 0 Å². The van der Waals surface area contributed by atoms with Crippen LogP contribution in [0.2, 0.25) is 0 Å². The van der Waals surface area contributed by atoms with Crippen LogP contribution in [0.25, 0.3) is 0 Å². The molecule has 0 radical (unpaired) electrons. The van der Waals surface area contributed by atoms with E-state index < -0.39 is 41.3 Å². The molecule has 1 aromatic carbocycles. The fourth-order valence-corrected chi connectivity index (χ4v) is 3.02. The quantitative estimate of drug-likeness (QED) is 0.343. The van der Waals surface area contributed by atoms with Crippen molar-refractivity contribution >= 4 is 29.8 Å². The molecule has 0 saturated heterocycles. The molecule has 0 aliphatic heterocycles. The van der Waals surface area contributed by atoms with E-state index in [9.17, 15) is 19.2 Å². The van der Waals surface area contributed by atoms with Crippen LogP contribution in [0.5, 0.6) is 0 Å². The van der Waals surface area contributed by atoms with E-state index in [1.807, 2.05) is 0 Å². The molecule has 190 valence electrons. The van der Waals surface area contributed by atoms with Crippen LogP contribution < -0.4 is 16.0 Å². The van der Waals surface area contributed by atoms with Gasteiger partial charge in [-0.1, -0.05) is 12.1 Å². The second-order valence-corrected chi connectivity index (χ2v) is 9.95. The molecular formula is C24H37N3O7. The number of primary amides is 1. The Bertz CT molecular complexity index is 855. The molecular weight excluding hydrogens is 442 g/mol. The topological polar surface area (TPSA) is 148 Å².